The zero-order valence-electron chi connectivity index (χ0n) is 12.7. The van der Waals surface area contributed by atoms with Crippen LogP contribution in [0.4, 0.5) is 0 Å². The lowest BCUT2D eigenvalue weighted by molar-refractivity contribution is -0.0332. The fourth-order valence-electron chi connectivity index (χ4n) is 2.84. The minimum absolute atomic E-state index is 0.167. The van der Waals surface area contributed by atoms with Gasteiger partial charge in [0.2, 0.25) is 0 Å². The molecule has 3 nitrogen and oxygen atoms in total. The Morgan fingerprint density at radius 3 is 2.87 bits per heavy atom. The summed E-state index contributed by atoms with van der Waals surface area (Å²) in [4.78, 5) is 8.48. The van der Waals surface area contributed by atoms with E-state index in [0.717, 1.165) is 36.9 Å². The van der Waals surface area contributed by atoms with Gasteiger partial charge in [-0.3, -0.25) is 4.90 Å². The molecule has 2 aromatic heterocycles. The summed E-state index contributed by atoms with van der Waals surface area (Å²) in [6, 6.07) is 14.7. The Morgan fingerprint density at radius 1 is 1.13 bits per heavy atom. The van der Waals surface area contributed by atoms with Crippen LogP contribution in [0.25, 0.3) is 9.88 Å². The summed E-state index contributed by atoms with van der Waals surface area (Å²) in [6.07, 6.45) is 0.167. The van der Waals surface area contributed by atoms with Crippen molar-refractivity contribution >= 4 is 22.7 Å². The van der Waals surface area contributed by atoms with Crippen molar-refractivity contribution in [1.82, 2.24) is 9.88 Å². The maximum atomic E-state index is 5.94. The minimum atomic E-state index is 0.167. The molecule has 118 valence electrons. The first-order valence-corrected chi connectivity index (χ1v) is 9.51. The summed E-state index contributed by atoms with van der Waals surface area (Å²) in [5.41, 5.74) is 2.42. The second kappa shape index (κ2) is 6.93. The number of hydrogen-bond donors (Lipinski definition) is 0. The van der Waals surface area contributed by atoms with Gasteiger partial charge < -0.3 is 4.74 Å². The van der Waals surface area contributed by atoms with Crippen LogP contribution in [-0.2, 0) is 11.3 Å². The van der Waals surface area contributed by atoms with Crippen molar-refractivity contribution in [1.29, 1.82) is 0 Å². The average Bonchev–Trinajstić information content (AvgIpc) is 3.27. The Bertz CT molecular complexity index is 739. The van der Waals surface area contributed by atoms with Crippen LogP contribution in [-0.4, -0.2) is 29.6 Å². The molecule has 0 radical (unpaired) electrons. The number of ether oxygens (including phenoxy) is 1. The molecular formula is C18H18N2OS2. The second-order valence-corrected chi connectivity index (χ2v) is 7.43. The van der Waals surface area contributed by atoms with Gasteiger partial charge in [0.25, 0.3) is 0 Å². The van der Waals surface area contributed by atoms with Crippen molar-refractivity contribution in [3.8, 4) is 9.88 Å². The lowest BCUT2D eigenvalue weighted by Crippen LogP contribution is -2.37. The number of rotatable bonds is 4. The van der Waals surface area contributed by atoms with Crippen LogP contribution < -0.4 is 0 Å². The molecule has 1 atom stereocenters. The molecule has 0 bridgehead atoms. The van der Waals surface area contributed by atoms with Crippen LogP contribution in [0.2, 0.25) is 0 Å². The summed E-state index contributed by atoms with van der Waals surface area (Å²) >= 11 is 3.48. The van der Waals surface area contributed by atoms with Crippen LogP contribution >= 0.6 is 22.7 Å². The van der Waals surface area contributed by atoms with Crippen molar-refractivity contribution in [3.05, 3.63) is 64.5 Å². The summed E-state index contributed by atoms with van der Waals surface area (Å²) < 4.78 is 5.94. The molecule has 1 unspecified atom stereocenters. The zero-order chi connectivity index (χ0) is 15.5. The third-order valence-corrected chi connectivity index (χ3v) is 5.92. The molecule has 5 heteroatoms. The molecule has 4 rings (SSSR count). The fourth-order valence-corrected chi connectivity index (χ4v) is 4.46. The largest absolute Gasteiger partial charge is 0.371 e. The van der Waals surface area contributed by atoms with Crippen molar-refractivity contribution in [2.75, 3.05) is 19.7 Å². The number of thiazole rings is 1. The molecule has 0 N–H and O–H groups in total. The molecule has 1 aliphatic heterocycles. The summed E-state index contributed by atoms with van der Waals surface area (Å²) in [5.74, 6) is 0. The van der Waals surface area contributed by atoms with E-state index in [1.165, 1.54) is 10.4 Å². The van der Waals surface area contributed by atoms with Crippen molar-refractivity contribution in [3.63, 3.8) is 0 Å². The van der Waals surface area contributed by atoms with E-state index >= 15 is 0 Å². The van der Waals surface area contributed by atoms with E-state index in [1.54, 1.807) is 22.7 Å². The number of morpholine rings is 1. The summed E-state index contributed by atoms with van der Waals surface area (Å²) in [5, 5.41) is 5.41. The Balaban J connectivity index is 1.43. The molecular weight excluding hydrogens is 324 g/mol. The van der Waals surface area contributed by atoms with Crippen LogP contribution in [0.5, 0.6) is 0 Å². The summed E-state index contributed by atoms with van der Waals surface area (Å²) in [7, 11) is 0. The molecule has 1 aliphatic rings. The van der Waals surface area contributed by atoms with E-state index in [0.29, 0.717) is 0 Å². The quantitative estimate of drug-likeness (QED) is 0.701. The highest BCUT2D eigenvalue weighted by atomic mass is 32.1. The molecule has 0 saturated carbocycles. The number of hydrogen-bond acceptors (Lipinski definition) is 5. The van der Waals surface area contributed by atoms with Crippen LogP contribution in [0.1, 0.15) is 17.4 Å². The molecule has 0 aliphatic carbocycles. The molecule has 0 amide bonds. The van der Waals surface area contributed by atoms with Crippen LogP contribution in [0.15, 0.2) is 53.2 Å². The zero-order valence-corrected chi connectivity index (χ0v) is 14.4. The number of thiophene rings is 1. The molecule has 0 spiro atoms. The lowest BCUT2D eigenvalue weighted by Gasteiger charge is -2.32. The normalized spacial score (nSPS) is 19.0. The van der Waals surface area contributed by atoms with Gasteiger partial charge in [0.1, 0.15) is 5.01 Å². The number of benzene rings is 1. The topological polar surface area (TPSA) is 25.4 Å². The van der Waals surface area contributed by atoms with E-state index in [9.17, 15) is 0 Å². The third kappa shape index (κ3) is 3.53. The van der Waals surface area contributed by atoms with Gasteiger partial charge in [0.05, 0.1) is 23.3 Å². The van der Waals surface area contributed by atoms with E-state index < -0.39 is 0 Å². The first-order chi connectivity index (χ1) is 11.4. The van der Waals surface area contributed by atoms with Crippen LogP contribution in [0, 0.1) is 0 Å². The van der Waals surface area contributed by atoms with Gasteiger partial charge in [-0.15, -0.1) is 22.7 Å². The lowest BCUT2D eigenvalue weighted by atomic mass is 10.1. The number of aromatic nitrogens is 1. The van der Waals surface area contributed by atoms with E-state index in [2.05, 4.69) is 52.1 Å². The molecule has 1 saturated heterocycles. The second-order valence-electron chi connectivity index (χ2n) is 5.63. The molecule has 1 fully saturated rings. The van der Waals surface area contributed by atoms with Gasteiger partial charge in [-0.1, -0.05) is 36.4 Å². The van der Waals surface area contributed by atoms with Gasteiger partial charge in [-0.05, 0) is 17.0 Å². The highest BCUT2D eigenvalue weighted by Gasteiger charge is 2.22. The van der Waals surface area contributed by atoms with Crippen molar-refractivity contribution in [2.45, 2.75) is 12.6 Å². The number of nitrogens with zero attached hydrogens (tertiary/aromatic N) is 2. The predicted octanol–water partition coefficient (Wildman–Crippen LogP) is 4.45. The van der Waals surface area contributed by atoms with Gasteiger partial charge in [0.15, 0.2) is 0 Å². The van der Waals surface area contributed by atoms with E-state index in [4.69, 9.17) is 9.72 Å². The molecule has 3 aromatic rings. The Morgan fingerprint density at radius 2 is 2.04 bits per heavy atom. The van der Waals surface area contributed by atoms with Crippen molar-refractivity contribution < 1.29 is 4.74 Å². The highest BCUT2D eigenvalue weighted by Crippen LogP contribution is 2.29. The van der Waals surface area contributed by atoms with Gasteiger partial charge >= 0.3 is 0 Å². The Labute approximate surface area is 144 Å². The molecule has 23 heavy (non-hydrogen) atoms. The Hall–Kier alpha value is -1.53. The van der Waals surface area contributed by atoms with Gasteiger partial charge in [0, 0.05) is 25.0 Å². The minimum Gasteiger partial charge on any atom is -0.371 e. The fraction of sp³-hybridized carbons (Fsp3) is 0.278. The molecule has 3 heterocycles. The highest BCUT2D eigenvalue weighted by molar-refractivity contribution is 7.20. The van der Waals surface area contributed by atoms with E-state index in [1.807, 2.05) is 6.07 Å². The first kappa shape index (κ1) is 15.0. The van der Waals surface area contributed by atoms with Gasteiger partial charge in [-0.25, -0.2) is 4.98 Å². The monoisotopic (exact) mass is 342 g/mol. The van der Waals surface area contributed by atoms with Crippen molar-refractivity contribution in [2.24, 2.45) is 0 Å². The van der Waals surface area contributed by atoms with Gasteiger partial charge in [-0.2, -0.15) is 0 Å². The predicted molar refractivity (Wildman–Crippen MR) is 95.8 cm³/mol. The first-order valence-electron chi connectivity index (χ1n) is 7.76. The summed E-state index contributed by atoms with van der Waals surface area (Å²) in [6.45, 7) is 3.57. The Kier molecular flexibility index (Phi) is 4.52. The van der Waals surface area contributed by atoms with Crippen LogP contribution in [0.3, 0.4) is 0 Å². The maximum absolute atomic E-state index is 5.94. The smallest absolute Gasteiger partial charge is 0.133 e. The third-order valence-electron chi connectivity index (χ3n) is 3.99. The van der Waals surface area contributed by atoms with E-state index in [-0.39, 0.29) is 6.10 Å². The standard InChI is InChI=1S/C18H18N2OS2/c1-2-5-14(6-3-1)16-12-20(8-9-21-16)11-15-13-23-18(19-15)17-7-4-10-22-17/h1-7,10,13,16H,8-9,11-12H2. The molecule has 1 aromatic carbocycles. The maximum Gasteiger partial charge on any atom is 0.133 e. The average molecular weight is 342 g/mol. The SMILES string of the molecule is c1ccc(C2CN(Cc3csc(-c4cccs4)n3)CCO2)cc1.